The first-order valence-electron chi connectivity index (χ1n) is 5.93. The maximum atomic E-state index is 13.9. The molecule has 2 aromatic rings. The van der Waals surface area contributed by atoms with Crippen molar-refractivity contribution in [3.63, 3.8) is 0 Å². The number of benzene rings is 2. The van der Waals surface area contributed by atoms with Crippen LogP contribution in [-0.2, 0) is 4.74 Å². The summed E-state index contributed by atoms with van der Waals surface area (Å²) >= 11 is 0. The molecule has 0 saturated heterocycles. The zero-order chi connectivity index (χ0) is 14.2. The SMILES string of the molecule is CC(C)(C)OC(=O)c1cc(F)c2ccccc2c1O. The van der Waals surface area contributed by atoms with Gasteiger partial charge in [0.05, 0.1) is 0 Å². The number of halogens is 1. The lowest BCUT2D eigenvalue weighted by molar-refractivity contribution is 0.00666. The second kappa shape index (κ2) is 4.53. The molecule has 2 rings (SSSR count). The van der Waals surface area contributed by atoms with Gasteiger partial charge >= 0.3 is 5.97 Å². The summed E-state index contributed by atoms with van der Waals surface area (Å²) in [4.78, 5) is 11.9. The number of esters is 1. The molecular formula is C15H15FO3. The smallest absolute Gasteiger partial charge is 0.342 e. The first kappa shape index (κ1) is 13.3. The average Bonchev–Trinajstić information content (AvgIpc) is 2.31. The molecule has 0 aliphatic rings. The summed E-state index contributed by atoms with van der Waals surface area (Å²) in [5.41, 5.74) is -0.864. The molecule has 0 amide bonds. The Balaban J connectivity index is 2.56. The van der Waals surface area contributed by atoms with Gasteiger partial charge < -0.3 is 9.84 Å². The number of hydrogen-bond acceptors (Lipinski definition) is 3. The van der Waals surface area contributed by atoms with Gasteiger partial charge in [-0.2, -0.15) is 0 Å². The molecule has 0 aliphatic carbocycles. The number of phenols is 1. The van der Waals surface area contributed by atoms with Crippen LogP contribution < -0.4 is 0 Å². The molecule has 0 bridgehead atoms. The van der Waals surface area contributed by atoms with E-state index in [9.17, 15) is 14.3 Å². The summed E-state index contributed by atoms with van der Waals surface area (Å²) < 4.78 is 19.0. The van der Waals surface area contributed by atoms with Crippen molar-refractivity contribution in [3.05, 3.63) is 41.7 Å². The van der Waals surface area contributed by atoms with E-state index in [1.165, 1.54) is 0 Å². The van der Waals surface area contributed by atoms with Gasteiger partial charge in [-0.15, -0.1) is 0 Å². The lowest BCUT2D eigenvalue weighted by atomic mass is 10.0. The van der Waals surface area contributed by atoms with Gasteiger partial charge in [0.1, 0.15) is 22.7 Å². The Morgan fingerprint density at radius 2 is 1.79 bits per heavy atom. The van der Waals surface area contributed by atoms with Crippen LogP contribution >= 0.6 is 0 Å². The summed E-state index contributed by atoms with van der Waals surface area (Å²) in [6.45, 7) is 5.12. The van der Waals surface area contributed by atoms with E-state index >= 15 is 0 Å². The number of phenolic OH excluding ortho intramolecular Hbond substituents is 1. The van der Waals surface area contributed by atoms with E-state index < -0.39 is 17.4 Å². The van der Waals surface area contributed by atoms with Crippen molar-refractivity contribution < 1.29 is 19.0 Å². The highest BCUT2D eigenvalue weighted by Gasteiger charge is 2.23. The van der Waals surface area contributed by atoms with Crippen molar-refractivity contribution >= 4 is 16.7 Å². The molecule has 4 heteroatoms. The molecule has 0 aliphatic heterocycles. The summed E-state index contributed by atoms with van der Waals surface area (Å²) in [6.07, 6.45) is 0. The predicted octanol–water partition coefficient (Wildman–Crippen LogP) is 3.64. The van der Waals surface area contributed by atoms with Crippen LogP contribution in [0, 0.1) is 5.82 Å². The van der Waals surface area contributed by atoms with Gasteiger partial charge in [0.25, 0.3) is 0 Å². The van der Waals surface area contributed by atoms with Crippen LogP contribution in [-0.4, -0.2) is 16.7 Å². The van der Waals surface area contributed by atoms with Crippen LogP contribution in [0.2, 0.25) is 0 Å². The standard InChI is InChI=1S/C15H15FO3/c1-15(2,3)19-14(18)11-8-12(16)9-6-4-5-7-10(9)13(11)17/h4-8,17H,1-3H3. The third kappa shape index (κ3) is 2.67. The van der Waals surface area contributed by atoms with Gasteiger partial charge in [0.15, 0.2) is 0 Å². The van der Waals surface area contributed by atoms with Crippen LogP contribution in [0.3, 0.4) is 0 Å². The fraction of sp³-hybridized carbons (Fsp3) is 0.267. The number of hydrogen-bond donors (Lipinski definition) is 1. The van der Waals surface area contributed by atoms with Gasteiger partial charge in [0.2, 0.25) is 0 Å². The second-order valence-electron chi connectivity index (χ2n) is 5.30. The monoisotopic (exact) mass is 262 g/mol. The number of carbonyl (C=O) groups excluding carboxylic acids is 1. The third-order valence-corrected chi connectivity index (χ3v) is 2.58. The third-order valence-electron chi connectivity index (χ3n) is 2.58. The summed E-state index contributed by atoms with van der Waals surface area (Å²) in [5, 5.41) is 10.6. The lowest BCUT2D eigenvalue weighted by Gasteiger charge is -2.20. The first-order valence-corrected chi connectivity index (χ1v) is 5.93. The van der Waals surface area contributed by atoms with Crippen molar-refractivity contribution in [2.24, 2.45) is 0 Å². The van der Waals surface area contributed by atoms with E-state index in [0.717, 1.165) is 6.07 Å². The topological polar surface area (TPSA) is 46.5 Å². The molecule has 0 radical (unpaired) electrons. The number of fused-ring (bicyclic) bond motifs is 1. The molecule has 0 fully saturated rings. The minimum absolute atomic E-state index is 0.161. The van der Waals surface area contributed by atoms with Crippen molar-refractivity contribution in [2.75, 3.05) is 0 Å². The maximum absolute atomic E-state index is 13.9. The van der Waals surface area contributed by atoms with Crippen LogP contribution in [0.1, 0.15) is 31.1 Å². The van der Waals surface area contributed by atoms with Crippen molar-refractivity contribution in [3.8, 4) is 5.75 Å². The fourth-order valence-electron chi connectivity index (χ4n) is 1.80. The van der Waals surface area contributed by atoms with Crippen LogP contribution in [0.15, 0.2) is 30.3 Å². The number of ether oxygens (including phenoxy) is 1. The van der Waals surface area contributed by atoms with E-state index in [1.807, 2.05) is 0 Å². The van der Waals surface area contributed by atoms with Crippen molar-refractivity contribution in [1.29, 1.82) is 0 Å². The van der Waals surface area contributed by atoms with E-state index in [2.05, 4.69) is 0 Å². The summed E-state index contributed by atoms with van der Waals surface area (Å²) in [7, 11) is 0. The highest BCUT2D eigenvalue weighted by atomic mass is 19.1. The quantitative estimate of drug-likeness (QED) is 0.798. The molecule has 0 unspecified atom stereocenters. The molecule has 1 N–H and O–H groups in total. The summed E-state index contributed by atoms with van der Waals surface area (Å²) in [5.74, 6) is -1.56. The van der Waals surface area contributed by atoms with E-state index in [4.69, 9.17) is 4.74 Å². The fourth-order valence-corrected chi connectivity index (χ4v) is 1.80. The van der Waals surface area contributed by atoms with Crippen LogP contribution in [0.25, 0.3) is 10.8 Å². The molecule has 0 heterocycles. The van der Waals surface area contributed by atoms with Gasteiger partial charge in [-0.05, 0) is 26.8 Å². The zero-order valence-corrected chi connectivity index (χ0v) is 11.0. The van der Waals surface area contributed by atoms with Crippen molar-refractivity contribution in [2.45, 2.75) is 26.4 Å². The van der Waals surface area contributed by atoms with Crippen LogP contribution in [0.4, 0.5) is 4.39 Å². The second-order valence-corrected chi connectivity index (χ2v) is 5.30. The molecule has 0 spiro atoms. The highest BCUT2D eigenvalue weighted by Crippen LogP contribution is 2.32. The number of rotatable bonds is 1. The van der Waals surface area contributed by atoms with Crippen LogP contribution in [0.5, 0.6) is 5.75 Å². The number of aromatic hydroxyl groups is 1. The van der Waals surface area contributed by atoms with E-state index in [0.29, 0.717) is 5.39 Å². The Bertz CT molecular complexity index is 642. The lowest BCUT2D eigenvalue weighted by Crippen LogP contribution is -2.24. The predicted molar refractivity (Wildman–Crippen MR) is 70.7 cm³/mol. The first-order chi connectivity index (χ1) is 8.79. The van der Waals surface area contributed by atoms with Gasteiger partial charge in [-0.1, -0.05) is 24.3 Å². The minimum Gasteiger partial charge on any atom is -0.506 e. The van der Waals surface area contributed by atoms with Gasteiger partial charge in [0, 0.05) is 10.8 Å². The normalized spacial score (nSPS) is 11.6. The maximum Gasteiger partial charge on any atom is 0.342 e. The molecule has 2 aromatic carbocycles. The molecule has 0 saturated carbocycles. The largest absolute Gasteiger partial charge is 0.506 e. The minimum atomic E-state index is -0.741. The van der Waals surface area contributed by atoms with Gasteiger partial charge in [-0.25, -0.2) is 9.18 Å². The van der Waals surface area contributed by atoms with Crippen molar-refractivity contribution in [1.82, 2.24) is 0 Å². The summed E-state index contributed by atoms with van der Waals surface area (Å²) in [6, 6.07) is 7.44. The Morgan fingerprint density at radius 1 is 1.21 bits per heavy atom. The Morgan fingerprint density at radius 3 is 2.37 bits per heavy atom. The van der Waals surface area contributed by atoms with Gasteiger partial charge in [-0.3, -0.25) is 0 Å². The molecular weight excluding hydrogens is 247 g/mol. The molecule has 19 heavy (non-hydrogen) atoms. The molecule has 3 nitrogen and oxygen atoms in total. The molecule has 0 atom stereocenters. The Labute approximate surface area is 110 Å². The van der Waals surface area contributed by atoms with E-state index in [-0.39, 0.29) is 16.7 Å². The molecule has 0 aromatic heterocycles. The Hall–Kier alpha value is -2.10. The Kier molecular flexibility index (Phi) is 3.18. The number of carbonyl (C=O) groups is 1. The average molecular weight is 262 g/mol. The highest BCUT2D eigenvalue weighted by molar-refractivity contribution is 6.01. The zero-order valence-electron chi connectivity index (χ0n) is 11.0. The van der Waals surface area contributed by atoms with E-state index in [1.54, 1.807) is 45.0 Å². The molecule has 100 valence electrons.